The number of benzene rings is 1. The van der Waals surface area contributed by atoms with Gasteiger partial charge in [-0.15, -0.1) is 0 Å². The normalized spacial score (nSPS) is 10.0. The Balaban J connectivity index is 1.89. The molecule has 4 nitrogen and oxygen atoms in total. The van der Waals surface area contributed by atoms with E-state index in [1.54, 1.807) is 12.3 Å². The summed E-state index contributed by atoms with van der Waals surface area (Å²) in [6, 6.07) is 11.3. The van der Waals surface area contributed by atoms with E-state index in [1.165, 1.54) is 0 Å². The topological polar surface area (TPSA) is 51.2 Å². The Morgan fingerprint density at radius 2 is 2.11 bits per heavy atom. The van der Waals surface area contributed by atoms with Crippen molar-refractivity contribution in [3.8, 4) is 0 Å². The average molecular weight is 321 g/mol. The fourth-order valence-electron chi connectivity index (χ4n) is 1.47. The highest BCUT2D eigenvalue weighted by molar-refractivity contribution is 9.10. The number of pyridine rings is 1. The highest BCUT2D eigenvalue weighted by Crippen LogP contribution is 2.17. The smallest absolute Gasteiger partial charge is 0.413 e. The quantitative estimate of drug-likeness (QED) is 0.933. The van der Waals surface area contributed by atoms with Gasteiger partial charge in [0, 0.05) is 10.7 Å². The maximum Gasteiger partial charge on any atom is 0.413 e. The van der Waals surface area contributed by atoms with E-state index in [2.05, 4.69) is 26.2 Å². The molecule has 2 aromatic rings. The number of ether oxygens (including phenoxy) is 1. The Kier molecular flexibility index (Phi) is 4.52. The number of amides is 1. The average Bonchev–Trinajstić information content (AvgIpc) is 2.42. The first kappa shape index (κ1) is 13.5. The zero-order valence-electron chi connectivity index (χ0n) is 10.4. The highest BCUT2D eigenvalue weighted by atomic mass is 79.9. The molecule has 0 aliphatic carbocycles. The van der Waals surface area contributed by atoms with E-state index in [-0.39, 0.29) is 6.61 Å². The highest BCUT2D eigenvalue weighted by Gasteiger charge is 2.05. The van der Waals surface area contributed by atoms with Gasteiger partial charge in [-0.1, -0.05) is 30.3 Å². The zero-order valence-corrected chi connectivity index (χ0v) is 12.0. The molecule has 1 amide bonds. The third-order valence-electron chi connectivity index (χ3n) is 2.49. The summed E-state index contributed by atoms with van der Waals surface area (Å²) in [4.78, 5) is 15.7. The van der Waals surface area contributed by atoms with Crippen LogP contribution in [0.25, 0.3) is 0 Å². The first-order valence-corrected chi connectivity index (χ1v) is 6.54. The SMILES string of the molecule is Cc1cc(NC(=O)OCc2ccccc2)ncc1Br. The summed E-state index contributed by atoms with van der Waals surface area (Å²) in [5.41, 5.74) is 1.94. The molecule has 1 aromatic carbocycles. The van der Waals surface area contributed by atoms with Crippen LogP contribution in [0.1, 0.15) is 11.1 Å². The summed E-state index contributed by atoms with van der Waals surface area (Å²) in [6.07, 6.45) is 1.13. The molecular formula is C14H13BrN2O2. The summed E-state index contributed by atoms with van der Waals surface area (Å²) in [5.74, 6) is 0.471. The molecular weight excluding hydrogens is 308 g/mol. The number of rotatable bonds is 3. The number of anilines is 1. The van der Waals surface area contributed by atoms with Crippen LogP contribution in [0.5, 0.6) is 0 Å². The molecule has 19 heavy (non-hydrogen) atoms. The third-order valence-corrected chi connectivity index (χ3v) is 3.32. The number of hydrogen-bond acceptors (Lipinski definition) is 3. The van der Waals surface area contributed by atoms with Crippen LogP contribution in [0.3, 0.4) is 0 Å². The molecule has 1 aromatic heterocycles. The van der Waals surface area contributed by atoms with Crippen molar-refractivity contribution >= 4 is 27.8 Å². The second-order valence-corrected chi connectivity index (χ2v) is 4.86. The van der Waals surface area contributed by atoms with Crippen molar-refractivity contribution in [1.29, 1.82) is 0 Å². The second kappa shape index (κ2) is 6.33. The monoisotopic (exact) mass is 320 g/mol. The molecule has 1 heterocycles. The van der Waals surface area contributed by atoms with Crippen LogP contribution in [0, 0.1) is 6.92 Å². The number of halogens is 1. The van der Waals surface area contributed by atoms with E-state index < -0.39 is 6.09 Å². The van der Waals surface area contributed by atoms with Crippen molar-refractivity contribution in [3.05, 3.63) is 58.2 Å². The van der Waals surface area contributed by atoms with Crippen molar-refractivity contribution in [2.45, 2.75) is 13.5 Å². The van der Waals surface area contributed by atoms with Gasteiger partial charge in [0.15, 0.2) is 0 Å². The lowest BCUT2D eigenvalue weighted by Gasteiger charge is -2.07. The Morgan fingerprint density at radius 1 is 1.37 bits per heavy atom. The van der Waals surface area contributed by atoms with Gasteiger partial charge in [0.25, 0.3) is 0 Å². The molecule has 2 rings (SSSR count). The Bertz CT molecular complexity index is 573. The molecule has 0 fully saturated rings. The second-order valence-electron chi connectivity index (χ2n) is 4.01. The maximum absolute atomic E-state index is 11.6. The number of aryl methyl sites for hydroxylation is 1. The molecule has 0 saturated carbocycles. The molecule has 0 saturated heterocycles. The van der Waals surface area contributed by atoms with Crippen LogP contribution in [0.15, 0.2) is 47.1 Å². The lowest BCUT2D eigenvalue weighted by atomic mass is 10.2. The van der Waals surface area contributed by atoms with Crippen molar-refractivity contribution in [1.82, 2.24) is 4.98 Å². The van der Waals surface area contributed by atoms with Gasteiger partial charge >= 0.3 is 6.09 Å². The number of nitrogens with one attached hydrogen (secondary N) is 1. The number of carbonyl (C=O) groups excluding carboxylic acids is 1. The van der Waals surface area contributed by atoms with E-state index in [1.807, 2.05) is 37.3 Å². The van der Waals surface area contributed by atoms with Crippen LogP contribution >= 0.6 is 15.9 Å². The van der Waals surface area contributed by atoms with Gasteiger partial charge in [0.05, 0.1) is 0 Å². The number of aromatic nitrogens is 1. The van der Waals surface area contributed by atoms with Gasteiger partial charge in [0.2, 0.25) is 0 Å². The van der Waals surface area contributed by atoms with E-state index in [4.69, 9.17) is 4.74 Å². The van der Waals surface area contributed by atoms with Crippen molar-refractivity contribution in [2.24, 2.45) is 0 Å². The molecule has 0 spiro atoms. The van der Waals surface area contributed by atoms with Crippen LogP contribution in [-0.2, 0) is 11.3 Å². The molecule has 0 unspecified atom stereocenters. The van der Waals surface area contributed by atoms with Crippen LogP contribution in [-0.4, -0.2) is 11.1 Å². The molecule has 1 N–H and O–H groups in total. The number of nitrogens with zero attached hydrogens (tertiary/aromatic N) is 1. The van der Waals surface area contributed by atoms with E-state index in [0.29, 0.717) is 5.82 Å². The van der Waals surface area contributed by atoms with Gasteiger partial charge in [-0.2, -0.15) is 0 Å². The Morgan fingerprint density at radius 3 is 2.79 bits per heavy atom. The molecule has 0 aliphatic heterocycles. The molecule has 0 atom stereocenters. The minimum absolute atomic E-state index is 0.238. The molecule has 5 heteroatoms. The predicted octanol–water partition coefficient (Wildman–Crippen LogP) is 3.90. The fourth-order valence-corrected chi connectivity index (χ4v) is 1.69. The zero-order chi connectivity index (χ0) is 13.7. The molecule has 0 bridgehead atoms. The number of hydrogen-bond donors (Lipinski definition) is 1. The predicted molar refractivity (Wildman–Crippen MR) is 76.9 cm³/mol. The van der Waals surface area contributed by atoms with Gasteiger partial charge in [0.1, 0.15) is 12.4 Å². The van der Waals surface area contributed by atoms with Crippen LogP contribution in [0.2, 0.25) is 0 Å². The Hall–Kier alpha value is -1.88. The minimum Gasteiger partial charge on any atom is -0.444 e. The first-order valence-electron chi connectivity index (χ1n) is 5.75. The largest absolute Gasteiger partial charge is 0.444 e. The van der Waals surface area contributed by atoms with E-state index in [9.17, 15) is 4.79 Å². The standard InChI is InChI=1S/C14H13BrN2O2/c1-10-7-13(16-8-12(10)15)17-14(18)19-9-11-5-3-2-4-6-11/h2-8H,9H2,1H3,(H,16,17,18). The van der Waals surface area contributed by atoms with Gasteiger partial charge in [-0.25, -0.2) is 9.78 Å². The minimum atomic E-state index is -0.516. The maximum atomic E-state index is 11.6. The van der Waals surface area contributed by atoms with Gasteiger partial charge in [-0.05, 0) is 40.0 Å². The third kappa shape index (κ3) is 4.06. The lowest BCUT2D eigenvalue weighted by Crippen LogP contribution is -2.14. The van der Waals surface area contributed by atoms with Crippen molar-refractivity contribution in [2.75, 3.05) is 5.32 Å². The Labute approximate surface area is 119 Å². The van der Waals surface area contributed by atoms with Crippen molar-refractivity contribution in [3.63, 3.8) is 0 Å². The van der Waals surface area contributed by atoms with Crippen molar-refractivity contribution < 1.29 is 9.53 Å². The number of carbonyl (C=O) groups is 1. The summed E-state index contributed by atoms with van der Waals surface area (Å²) < 4.78 is 6.00. The summed E-state index contributed by atoms with van der Waals surface area (Å²) >= 11 is 3.35. The summed E-state index contributed by atoms with van der Waals surface area (Å²) in [6.45, 7) is 2.16. The molecule has 0 aliphatic rings. The van der Waals surface area contributed by atoms with E-state index >= 15 is 0 Å². The fraction of sp³-hybridized carbons (Fsp3) is 0.143. The summed E-state index contributed by atoms with van der Waals surface area (Å²) in [5, 5.41) is 2.59. The lowest BCUT2D eigenvalue weighted by molar-refractivity contribution is 0.155. The van der Waals surface area contributed by atoms with Crippen LogP contribution in [0.4, 0.5) is 10.6 Å². The molecule has 0 radical (unpaired) electrons. The first-order chi connectivity index (χ1) is 9.15. The van der Waals surface area contributed by atoms with Crippen LogP contribution < -0.4 is 5.32 Å². The summed E-state index contributed by atoms with van der Waals surface area (Å²) in [7, 11) is 0. The van der Waals surface area contributed by atoms with Gasteiger partial charge in [-0.3, -0.25) is 5.32 Å². The molecule has 98 valence electrons. The van der Waals surface area contributed by atoms with E-state index in [0.717, 1.165) is 15.6 Å². The van der Waals surface area contributed by atoms with Gasteiger partial charge < -0.3 is 4.74 Å².